The molecule has 3 rings (SSSR count). The Balaban J connectivity index is 1.88. The summed E-state index contributed by atoms with van der Waals surface area (Å²) in [5.41, 5.74) is 3.89. The molecule has 0 aromatic heterocycles. The molecule has 3 heteroatoms. The van der Waals surface area contributed by atoms with E-state index in [4.69, 9.17) is 9.47 Å². The lowest BCUT2D eigenvalue weighted by Crippen LogP contribution is -2.28. The highest BCUT2D eigenvalue weighted by Gasteiger charge is 2.38. The summed E-state index contributed by atoms with van der Waals surface area (Å²) in [4.78, 5) is 0.267. The van der Waals surface area contributed by atoms with Gasteiger partial charge in [0.15, 0.2) is 0 Å². The maximum Gasteiger partial charge on any atom is 0.0820 e. The molecule has 2 unspecified atom stereocenters. The lowest BCUT2D eigenvalue weighted by Gasteiger charge is -2.29. The predicted molar refractivity (Wildman–Crippen MR) is 70.2 cm³/mol. The molecule has 1 saturated heterocycles. The molecule has 2 heterocycles. The van der Waals surface area contributed by atoms with Gasteiger partial charge in [-0.2, -0.15) is 0 Å². The smallest absolute Gasteiger partial charge is 0.0820 e. The van der Waals surface area contributed by atoms with Crippen LogP contribution in [0.4, 0.5) is 0 Å². The molecule has 1 aromatic rings. The maximum atomic E-state index is 5.90. The number of hydrogen-bond donors (Lipinski definition) is 0. The molecule has 1 fully saturated rings. The maximum absolute atomic E-state index is 5.90. The number of hydrogen-bond acceptors (Lipinski definition) is 2. The highest BCUT2D eigenvalue weighted by molar-refractivity contribution is 9.09. The monoisotopic (exact) mass is 296 g/mol. The van der Waals surface area contributed by atoms with Gasteiger partial charge in [-0.1, -0.05) is 34.1 Å². The van der Waals surface area contributed by atoms with Crippen LogP contribution in [-0.4, -0.2) is 12.2 Å². The van der Waals surface area contributed by atoms with Gasteiger partial charge in [0, 0.05) is 6.61 Å². The van der Waals surface area contributed by atoms with Gasteiger partial charge in [0.1, 0.15) is 0 Å². The standard InChI is InChI=1S/C14H17BrO2/c1-14(5-2-6-17-14)13(15)10-3-4-11-8-16-9-12(11)7-10/h3-4,7,13H,2,5-6,8-9H2,1H3. The van der Waals surface area contributed by atoms with Gasteiger partial charge in [0.05, 0.1) is 23.6 Å². The van der Waals surface area contributed by atoms with Crippen LogP contribution in [0.2, 0.25) is 0 Å². The lowest BCUT2D eigenvalue weighted by atomic mass is 9.92. The fourth-order valence-electron chi connectivity index (χ4n) is 2.70. The number of benzene rings is 1. The Hall–Kier alpha value is -0.380. The van der Waals surface area contributed by atoms with Crippen molar-refractivity contribution in [3.63, 3.8) is 0 Å². The second-order valence-corrected chi connectivity index (χ2v) is 6.06. The molecule has 1 aromatic carbocycles. The molecular weight excluding hydrogens is 280 g/mol. The molecule has 92 valence electrons. The highest BCUT2D eigenvalue weighted by atomic mass is 79.9. The first-order chi connectivity index (χ1) is 8.19. The van der Waals surface area contributed by atoms with Gasteiger partial charge in [0.25, 0.3) is 0 Å². The van der Waals surface area contributed by atoms with Crippen molar-refractivity contribution in [3.8, 4) is 0 Å². The van der Waals surface area contributed by atoms with Crippen LogP contribution in [0.3, 0.4) is 0 Å². The molecule has 0 radical (unpaired) electrons. The molecule has 0 amide bonds. The Morgan fingerprint density at radius 1 is 1.29 bits per heavy atom. The SMILES string of the molecule is CC1(C(Br)c2ccc3c(c2)COC3)CCCO1. The van der Waals surface area contributed by atoms with E-state index in [-0.39, 0.29) is 10.4 Å². The molecule has 0 N–H and O–H groups in total. The third kappa shape index (κ3) is 2.05. The fourth-order valence-corrected chi connectivity index (χ4v) is 3.35. The normalized spacial score (nSPS) is 29.3. The first-order valence-electron chi connectivity index (χ1n) is 6.16. The van der Waals surface area contributed by atoms with E-state index < -0.39 is 0 Å². The Bertz CT molecular complexity index is 424. The van der Waals surface area contributed by atoms with E-state index in [0.29, 0.717) is 0 Å². The zero-order chi connectivity index (χ0) is 11.9. The van der Waals surface area contributed by atoms with Gasteiger partial charge in [-0.3, -0.25) is 0 Å². The summed E-state index contributed by atoms with van der Waals surface area (Å²) in [5, 5.41) is 0. The Labute approximate surface area is 110 Å². The van der Waals surface area contributed by atoms with Crippen molar-refractivity contribution in [1.29, 1.82) is 0 Å². The first-order valence-corrected chi connectivity index (χ1v) is 7.08. The topological polar surface area (TPSA) is 18.5 Å². The fraction of sp³-hybridized carbons (Fsp3) is 0.571. The Morgan fingerprint density at radius 2 is 2.12 bits per heavy atom. The largest absolute Gasteiger partial charge is 0.374 e. The van der Waals surface area contributed by atoms with Crippen molar-refractivity contribution >= 4 is 15.9 Å². The third-order valence-electron chi connectivity index (χ3n) is 3.82. The predicted octanol–water partition coefficient (Wildman–Crippen LogP) is 3.72. The van der Waals surface area contributed by atoms with E-state index in [0.717, 1.165) is 32.7 Å². The van der Waals surface area contributed by atoms with Crippen molar-refractivity contribution in [2.75, 3.05) is 6.61 Å². The van der Waals surface area contributed by atoms with Crippen molar-refractivity contribution in [2.24, 2.45) is 0 Å². The third-order valence-corrected chi connectivity index (χ3v) is 5.32. The quantitative estimate of drug-likeness (QED) is 0.775. The van der Waals surface area contributed by atoms with Crippen LogP contribution in [0, 0.1) is 0 Å². The zero-order valence-electron chi connectivity index (χ0n) is 10.0. The summed E-state index contributed by atoms with van der Waals surface area (Å²) >= 11 is 3.81. The molecule has 0 bridgehead atoms. The summed E-state index contributed by atoms with van der Waals surface area (Å²) in [6.07, 6.45) is 2.28. The van der Waals surface area contributed by atoms with Crippen LogP contribution in [0.25, 0.3) is 0 Å². The van der Waals surface area contributed by atoms with Crippen LogP contribution >= 0.6 is 15.9 Å². The van der Waals surface area contributed by atoms with Gasteiger partial charge in [0.2, 0.25) is 0 Å². The molecule has 0 saturated carbocycles. The first kappa shape index (κ1) is 11.7. The van der Waals surface area contributed by atoms with Gasteiger partial charge in [-0.25, -0.2) is 0 Å². The minimum absolute atomic E-state index is 0.0618. The molecule has 17 heavy (non-hydrogen) atoms. The van der Waals surface area contributed by atoms with Crippen molar-refractivity contribution in [2.45, 2.75) is 43.4 Å². The summed E-state index contributed by atoms with van der Waals surface area (Å²) in [6, 6.07) is 6.64. The summed E-state index contributed by atoms with van der Waals surface area (Å²) in [5.74, 6) is 0. The molecular formula is C14H17BrO2. The van der Waals surface area contributed by atoms with E-state index >= 15 is 0 Å². The molecule has 2 aliphatic heterocycles. The van der Waals surface area contributed by atoms with Crippen LogP contribution < -0.4 is 0 Å². The molecule has 2 atom stereocenters. The molecule has 2 aliphatic rings. The highest BCUT2D eigenvalue weighted by Crippen LogP contribution is 2.43. The second-order valence-electron chi connectivity index (χ2n) is 5.15. The molecule has 2 nitrogen and oxygen atoms in total. The van der Waals surface area contributed by atoms with Crippen molar-refractivity contribution in [3.05, 3.63) is 34.9 Å². The van der Waals surface area contributed by atoms with E-state index in [9.17, 15) is 0 Å². The number of halogens is 1. The zero-order valence-corrected chi connectivity index (χ0v) is 11.6. The van der Waals surface area contributed by atoms with Crippen LogP contribution in [0.5, 0.6) is 0 Å². The second kappa shape index (κ2) is 4.38. The van der Waals surface area contributed by atoms with E-state index in [1.54, 1.807) is 0 Å². The minimum Gasteiger partial charge on any atom is -0.374 e. The molecule has 0 aliphatic carbocycles. The van der Waals surface area contributed by atoms with Gasteiger partial charge in [-0.05, 0) is 36.5 Å². The number of fused-ring (bicyclic) bond motifs is 1. The lowest BCUT2D eigenvalue weighted by molar-refractivity contribution is 0.0197. The summed E-state index contributed by atoms with van der Waals surface area (Å²) in [7, 11) is 0. The van der Waals surface area contributed by atoms with Crippen molar-refractivity contribution < 1.29 is 9.47 Å². The van der Waals surface area contributed by atoms with Crippen LogP contribution in [-0.2, 0) is 22.7 Å². The summed E-state index contributed by atoms with van der Waals surface area (Å²) in [6.45, 7) is 4.59. The minimum atomic E-state index is -0.0618. The van der Waals surface area contributed by atoms with Gasteiger partial charge in [-0.15, -0.1) is 0 Å². The van der Waals surface area contributed by atoms with E-state index in [1.807, 2.05) is 0 Å². The van der Waals surface area contributed by atoms with E-state index in [1.165, 1.54) is 16.7 Å². The number of ether oxygens (including phenoxy) is 2. The van der Waals surface area contributed by atoms with Gasteiger partial charge >= 0.3 is 0 Å². The van der Waals surface area contributed by atoms with Crippen molar-refractivity contribution in [1.82, 2.24) is 0 Å². The van der Waals surface area contributed by atoms with E-state index in [2.05, 4.69) is 41.1 Å². The van der Waals surface area contributed by atoms with Gasteiger partial charge < -0.3 is 9.47 Å². The Kier molecular flexibility index (Phi) is 3.01. The average molecular weight is 297 g/mol. The van der Waals surface area contributed by atoms with Crippen LogP contribution in [0.1, 0.15) is 41.3 Å². The summed E-state index contributed by atoms with van der Waals surface area (Å²) < 4.78 is 11.4. The Morgan fingerprint density at radius 3 is 2.88 bits per heavy atom. The molecule has 0 spiro atoms. The number of rotatable bonds is 2. The average Bonchev–Trinajstić information content (AvgIpc) is 2.96. The van der Waals surface area contributed by atoms with Crippen LogP contribution in [0.15, 0.2) is 18.2 Å². The number of alkyl halides is 1.